The van der Waals surface area contributed by atoms with Crippen LogP contribution < -0.4 is 10.8 Å². The smallest absolute Gasteiger partial charge is 0.323 e. The van der Waals surface area contributed by atoms with Gasteiger partial charge in [0.15, 0.2) is 17.0 Å². The lowest BCUT2D eigenvalue weighted by Gasteiger charge is -2.32. The fourth-order valence-corrected chi connectivity index (χ4v) is 9.43. The number of imidazole rings is 1. The monoisotopic (exact) mass is 844 g/mol. The molecule has 2 aromatic heterocycles. The van der Waals surface area contributed by atoms with Crippen LogP contribution in [0.4, 0.5) is 10.2 Å². The quantitative estimate of drug-likeness (QED) is 0.0199. The molecule has 328 valence electrons. The van der Waals surface area contributed by atoms with Gasteiger partial charge in [0.2, 0.25) is 0 Å². The number of ether oxygens (including phenoxy) is 3. The predicted octanol–water partition coefficient (Wildman–Crippen LogP) is 8.39. The summed E-state index contributed by atoms with van der Waals surface area (Å²) in [6.45, 7) is 9.80. The Bertz CT molecular complexity index is 1800. The molecule has 3 heterocycles. The second-order valence-corrected chi connectivity index (χ2v) is 17.9. The standard InChI is InChI=1S/C43H66FN6O8P/c1-5-8-10-12-14-16-21-25-55-40(52)32(4)29-59(54,49-34(27-33-23-19-18-20-24-33)41(53)56-26-22-17-15-13-11-9-6-2)57-30-43(7-3)35(51)28-36(58-43)50-31-46-37-38(45)47-42(44)48-39(37)50/h7,18-20,23-24,31-32,34-36,51H,3,5-6,8-17,21-22,25-30H2,1-2,4H3,(H,49,54)(H2,45,47,48)/t32-,34+,35+,36-,43-,59?/m1/s1. The van der Waals surface area contributed by atoms with Crippen LogP contribution in [0.15, 0.2) is 49.3 Å². The number of carbonyl (C=O) groups is 2. The summed E-state index contributed by atoms with van der Waals surface area (Å²) in [5, 5.41) is 14.4. The number of nitrogens with zero attached hydrogens (tertiary/aromatic N) is 4. The average molecular weight is 845 g/mol. The van der Waals surface area contributed by atoms with Crippen LogP contribution in [0.5, 0.6) is 0 Å². The van der Waals surface area contributed by atoms with Crippen molar-refractivity contribution < 1.29 is 42.4 Å². The van der Waals surface area contributed by atoms with Crippen molar-refractivity contribution in [2.24, 2.45) is 5.92 Å². The van der Waals surface area contributed by atoms with Crippen LogP contribution in [-0.4, -0.2) is 80.3 Å². The molecule has 0 saturated carbocycles. The molecule has 59 heavy (non-hydrogen) atoms. The first-order chi connectivity index (χ1) is 28.4. The number of carbonyl (C=O) groups excluding carboxylic acids is 2. The summed E-state index contributed by atoms with van der Waals surface area (Å²) < 4.78 is 54.6. The number of fused-ring (bicyclic) bond motifs is 1. The average Bonchev–Trinajstić information content (AvgIpc) is 3.79. The van der Waals surface area contributed by atoms with Gasteiger partial charge in [-0.15, -0.1) is 6.58 Å². The van der Waals surface area contributed by atoms with Crippen molar-refractivity contribution in [2.75, 3.05) is 31.7 Å². The van der Waals surface area contributed by atoms with Crippen molar-refractivity contribution in [1.82, 2.24) is 24.6 Å². The number of nitrogens with one attached hydrogen (secondary N) is 1. The Balaban J connectivity index is 1.52. The highest BCUT2D eigenvalue weighted by Crippen LogP contribution is 2.49. The van der Waals surface area contributed by atoms with E-state index in [1.807, 2.05) is 30.3 Å². The molecule has 0 spiro atoms. The molecule has 1 unspecified atom stereocenters. The Labute approximate surface area is 348 Å². The maximum atomic E-state index is 15.1. The Morgan fingerprint density at radius 2 is 1.59 bits per heavy atom. The third-order valence-corrected chi connectivity index (χ3v) is 13.0. The number of nitrogens with two attached hydrogens (primary N) is 1. The van der Waals surface area contributed by atoms with Gasteiger partial charge in [-0.05, 0) is 24.8 Å². The number of nitrogen functional groups attached to an aromatic ring is 1. The Morgan fingerprint density at radius 3 is 2.20 bits per heavy atom. The van der Waals surface area contributed by atoms with E-state index in [0.717, 1.165) is 50.5 Å². The van der Waals surface area contributed by atoms with Gasteiger partial charge in [0.1, 0.15) is 17.9 Å². The first-order valence-corrected chi connectivity index (χ1v) is 23.3. The van der Waals surface area contributed by atoms with Crippen molar-refractivity contribution >= 4 is 36.4 Å². The number of rotatable bonds is 29. The van der Waals surface area contributed by atoms with Gasteiger partial charge in [0.05, 0.1) is 44.3 Å². The summed E-state index contributed by atoms with van der Waals surface area (Å²) in [5.41, 5.74) is 5.25. The van der Waals surface area contributed by atoms with E-state index >= 15 is 4.57 Å². The van der Waals surface area contributed by atoms with Crippen molar-refractivity contribution in [3.8, 4) is 0 Å². The van der Waals surface area contributed by atoms with Crippen LogP contribution in [0.25, 0.3) is 11.2 Å². The number of hydrogen-bond acceptors (Lipinski definition) is 12. The lowest BCUT2D eigenvalue weighted by molar-refractivity contribution is -0.147. The minimum absolute atomic E-state index is 0.0208. The van der Waals surface area contributed by atoms with Crippen LogP contribution in [0.3, 0.4) is 0 Å². The Kier molecular flexibility index (Phi) is 19.9. The van der Waals surface area contributed by atoms with Crippen LogP contribution in [-0.2, 0) is 39.3 Å². The molecule has 3 aromatic rings. The maximum absolute atomic E-state index is 15.1. The van der Waals surface area contributed by atoms with E-state index in [-0.39, 0.29) is 49.2 Å². The fourth-order valence-electron chi connectivity index (χ4n) is 7.19. The van der Waals surface area contributed by atoms with E-state index in [4.69, 9.17) is 24.5 Å². The topological polar surface area (TPSA) is 190 Å². The predicted molar refractivity (Wildman–Crippen MR) is 226 cm³/mol. The summed E-state index contributed by atoms with van der Waals surface area (Å²) in [6, 6.07) is 8.15. The normalized spacial score (nSPS) is 19.9. The molecule has 14 nitrogen and oxygen atoms in total. The lowest BCUT2D eigenvalue weighted by atomic mass is 9.98. The summed E-state index contributed by atoms with van der Waals surface area (Å²) in [7, 11) is -4.16. The van der Waals surface area contributed by atoms with E-state index in [9.17, 15) is 19.1 Å². The number of benzene rings is 1. The highest BCUT2D eigenvalue weighted by atomic mass is 31.2. The number of aliphatic hydroxyl groups is 1. The third kappa shape index (κ3) is 14.7. The van der Waals surface area contributed by atoms with Crippen LogP contribution >= 0.6 is 7.52 Å². The minimum atomic E-state index is -4.16. The summed E-state index contributed by atoms with van der Waals surface area (Å²) in [4.78, 5) is 38.6. The fraction of sp³-hybridized carbons (Fsp3) is 0.651. The Hall–Kier alpha value is -3.75. The highest BCUT2D eigenvalue weighted by molar-refractivity contribution is 7.57. The van der Waals surface area contributed by atoms with Crippen molar-refractivity contribution in [3.63, 3.8) is 0 Å². The number of anilines is 1. The number of esters is 2. The second-order valence-electron chi connectivity index (χ2n) is 15.7. The summed E-state index contributed by atoms with van der Waals surface area (Å²) in [5.74, 6) is -2.19. The number of aliphatic hydroxyl groups excluding tert-OH is 1. The number of halogens is 1. The first-order valence-electron chi connectivity index (χ1n) is 21.5. The molecule has 4 N–H and O–H groups in total. The van der Waals surface area contributed by atoms with Gasteiger partial charge in [-0.25, -0.2) is 10.1 Å². The SMILES string of the molecule is C=C[C@]1(COP(=O)(C[C@@H](C)C(=O)OCCCCCCCCC)N[C@@H](Cc2ccccc2)C(=O)OCCCCCCCCC)O[C@@H](n2cnc3c(N)nc(F)nc32)C[C@@H]1O. The molecule has 1 aliphatic rings. The van der Waals surface area contributed by atoms with Crippen LogP contribution in [0.2, 0.25) is 0 Å². The largest absolute Gasteiger partial charge is 0.465 e. The van der Waals surface area contributed by atoms with E-state index in [2.05, 4.69) is 40.5 Å². The van der Waals surface area contributed by atoms with Crippen molar-refractivity contribution in [1.29, 1.82) is 0 Å². The molecular formula is C43H66FN6O8P. The summed E-state index contributed by atoms with van der Waals surface area (Å²) in [6.07, 6.45) is 14.0. The van der Waals surface area contributed by atoms with E-state index in [1.54, 1.807) is 6.92 Å². The lowest BCUT2D eigenvalue weighted by Crippen LogP contribution is -2.44. The Morgan fingerprint density at radius 1 is 1.00 bits per heavy atom. The van der Waals surface area contributed by atoms with Crippen molar-refractivity contribution in [3.05, 3.63) is 61.0 Å². The summed E-state index contributed by atoms with van der Waals surface area (Å²) >= 11 is 0. The van der Waals surface area contributed by atoms with Gasteiger partial charge in [-0.1, -0.05) is 134 Å². The zero-order chi connectivity index (χ0) is 42.7. The van der Waals surface area contributed by atoms with Crippen molar-refractivity contribution in [2.45, 2.75) is 147 Å². The van der Waals surface area contributed by atoms with Crippen LogP contribution in [0.1, 0.15) is 129 Å². The zero-order valence-electron chi connectivity index (χ0n) is 35.2. The number of aromatic nitrogens is 4. The molecule has 1 saturated heterocycles. The van der Waals surface area contributed by atoms with Crippen LogP contribution in [0, 0.1) is 12.0 Å². The van der Waals surface area contributed by atoms with Gasteiger partial charge < -0.3 is 29.6 Å². The second kappa shape index (κ2) is 24.5. The number of hydrogen-bond donors (Lipinski definition) is 3. The van der Waals surface area contributed by atoms with Gasteiger partial charge in [0.25, 0.3) is 7.52 Å². The number of unbranched alkanes of at least 4 members (excludes halogenated alkanes) is 12. The van der Waals surface area contributed by atoms with E-state index in [1.165, 1.54) is 55.5 Å². The van der Waals surface area contributed by atoms with E-state index in [0.29, 0.717) is 6.42 Å². The minimum Gasteiger partial charge on any atom is -0.465 e. The van der Waals surface area contributed by atoms with Gasteiger partial charge in [-0.3, -0.25) is 18.7 Å². The van der Waals surface area contributed by atoms with Gasteiger partial charge >= 0.3 is 18.0 Å². The molecular weight excluding hydrogens is 778 g/mol. The van der Waals surface area contributed by atoms with E-state index < -0.39 is 62.0 Å². The van der Waals surface area contributed by atoms with Gasteiger partial charge in [-0.2, -0.15) is 14.4 Å². The van der Waals surface area contributed by atoms with Gasteiger partial charge in [0, 0.05) is 6.42 Å². The molecule has 4 rings (SSSR count). The maximum Gasteiger partial charge on any atom is 0.323 e. The molecule has 1 aliphatic heterocycles. The zero-order valence-corrected chi connectivity index (χ0v) is 36.1. The molecule has 0 radical (unpaired) electrons. The molecule has 6 atom stereocenters. The first kappa shape index (κ1) is 47.9. The molecule has 16 heteroatoms. The molecule has 0 amide bonds. The molecule has 0 bridgehead atoms. The molecule has 0 aliphatic carbocycles. The highest BCUT2D eigenvalue weighted by Gasteiger charge is 2.49. The molecule has 1 aromatic carbocycles. The third-order valence-electron chi connectivity index (χ3n) is 10.7. The molecule has 1 fully saturated rings.